The Balaban J connectivity index is 2.00. The fourth-order valence-electron chi connectivity index (χ4n) is 2.89. The minimum atomic E-state index is 0.783. The molecular weight excluding hydrogens is 275 g/mol. The Bertz CT molecular complexity index is 819. The van der Waals surface area contributed by atoms with Crippen LogP contribution in [0.25, 0.3) is 21.9 Å². The average molecular weight is 285 g/mol. The van der Waals surface area contributed by atoms with Crippen LogP contribution < -0.4 is 0 Å². The molecule has 0 radical (unpaired) electrons. The van der Waals surface area contributed by atoms with Gasteiger partial charge in [-0.2, -0.15) is 0 Å². The summed E-state index contributed by atoms with van der Waals surface area (Å²) in [6.45, 7) is 0. The topological polar surface area (TPSA) is 0 Å². The van der Waals surface area contributed by atoms with Crippen molar-refractivity contribution in [1.82, 2.24) is 0 Å². The van der Waals surface area contributed by atoms with Crippen molar-refractivity contribution in [1.29, 1.82) is 0 Å². The van der Waals surface area contributed by atoms with E-state index in [4.69, 9.17) is 23.2 Å². The number of hydrogen-bond acceptors (Lipinski definition) is 0. The summed E-state index contributed by atoms with van der Waals surface area (Å²) in [4.78, 5) is 0. The van der Waals surface area contributed by atoms with E-state index in [9.17, 15) is 0 Å². The molecule has 3 aromatic rings. The van der Waals surface area contributed by atoms with Gasteiger partial charge in [0.15, 0.2) is 0 Å². The quantitative estimate of drug-likeness (QED) is 0.387. The van der Waals surface area contributed by atoms with Gasteiger partial charge in [0.05, 0.1) is 0 Å². The largest absolute Gasteiger partial charge is 0.0843 e. The normalized spacial score (nSPS) is 12.5. The van der Waals surface area contributed by atoms with Gasteiger partial charge in [0.2, 0.25) is 0 Å². The van der Waals surface area contributed by atoms with Crippen molar-refractivity contribution >= 4 is 34.0 Å². The van der Waals surface area contributed by atoms with E-state index in [-0.39, 0.29) is 0 Å². The second kappa shape index (κ2) is 4.00. The monoisotopic (exact) mass is 284 g/mol. The first-order chi connectivity index (χ1) is 9.20. The maximum Gasteiger partial charge on any atom is 0.0412 e. The van der Waals surface area contributed by atoms with Crippen LogP contribution in [0.1, 0.15) is 11.1 Å². The summed E-state index contributed by atoms with van der Waals surface area (Å²) in [7, 11) is 0. The molecule has 0 unspecified atom stereocenters. The van der Waals surface area contributed by atoms with E-state index in [1.54, 1.807) is 0 Å². The lowest BCUT2D eigenvalue weighted by Gasteiger charge is -2.05. The third kappa shape index (κ3) is 1.75. The van der Waals surface area contributed by atoms with Gasteiger partial charge in [0.1, 0.15) is 0 Å². The maximum atomic E-state index is 6.07. The standard InChI is InChI=1S/C17H10Cl2/c18-14-2-1-10-9-17-12(5-11(10)7-14)6-13-8-15(19)3-4-16(13)17/h1-5,7-9H,6H2. The minimum Gasteiger partial charge on any atom is -0.0843 e. The van der Waals surface area contributed by atoms with E-state index in [0.717, 1.165) is 16.5 Å². The Kier molecular flexibility index (Phi) is 2.38. The highest BCUT2D eigenvalue weighted by molar-refractivity contribution is 6.31. The molecule has 3 aromatic carbocycles. The predicted molar refractivity (Wildman–Crippen MR) is 82.2 cm³/mol. The number of fused-ring (bicyclic) bond motifs is 4. The van der Waals surface area contributed by atoms with Crippen molar-refractivity contribution in [2.75, 3.05) is 0 Å². The molecule has 2 heteroatoms. The molecule has 0 bridgehead atoms. The molecule has 0 N–H and O–H groups in total. The molecule has 4 rings (SSSR count). The van der Waals surface area contributed by atoms with Crippen LogP contribution in [0.15, 0.2) is 48.5 Å². The highest BCUT2D eigenvalue weighted by atomic mass is 35.5. The molecule has 0 saturated carbocycles. The summed E-state index contributed by atoms with van der Waals surface area (Å²) in [5.74, 6) is 0. The summed E-state index contributed by atoms with van der Waals surface area (Å²) in [6.07, 6.45) is 0.952. The molecule has 19 heavy (non-hydrogen) atoms. The summed E-state index contributed by atoms with van der Waals surface area (Å²) < 4.78 is 0. The predicted octanol–water partition coefficient (Wildman–Crippen LogP) is 5.72. The minimum absolute atomic E-state index is 0.783. The van der Waals surface area contributed by atoms with Crippen molar-refractivity contribution in [3.8, 4) is 11.1 Å². The zero-order chi connectivity index (χ0) is 13.0. The van der Waals surface area contributed by atoms with Gasteiger partial charge >= 0.3 is 0 Å². The van der Waals surface area contributed by atoms with E-state index in [1.807, 2.05) is 18.2 Å². The molecule has 0 spiro atoms. The lowest BCUT2D eigenvalue weighted by molar-refractivity contribution is 1.27. The molecule has 92 valence electrons. The van der Waals surface area contributed by atoms with Gasteiger partial charge in [0, 0.05) is 10.0 Å². The number of hydrogen-bond donors (Lipinski definition) is 0. The maximum absolute atomic E-state index is 6.07. The van der Waals surface area contributed by atoms with Gasteiger partial charge in [0.25, 0.3) is 0 Å². The van der Waals surface area contributed by atoms with Crippen LogP contribution in [0.2, 0.25) is 10.0 Å². The third-order valence-corrected chi connectivity index (χ3v) is 4.23. The summed E-state index contributed by atoms with van der Waals surface area (Å²) in [6, 6.07) is 16.7. The van der Waals surface area contributed by atoms with Crippen molar-refractivity contribution in [3.63, 3.8) is 0 Å². The summed E-state index contributed by atoms with van der Waals surface area (Å²) in [5.41, 5.74) is 5.29. The Morgan fingerprint density at radius 1 is 0.632 bits per heavy atom. The van der Waals surface area contributed by atoms with E-state index in [0.29, 0.717) is 0 Å². The van der Waals surface area contributed by atoms with Gasteiger partial charge < -0.3 is 0 Å². The molecular formula is C17H10Cl2. The summed E-state index contributed by atoms with van der Waals surface area (Å²) >= 11 is 12.1. The van der Waals surface area contributed by atoms with Gasteiger partial charge in [-0.05, 0) is 69.8 Å². The second-order valence-corrected chi connectivity index (χ2v) is 5.85. The molecule has 0 heterocycles. The second-order valence-electron chi connectivity index (χ2n) is 4.98. The van der Waals surface area contributed by atoms with Gasteiger partial charge in [-0.3, -0.25) is 0 Å². The van der Waals surface area contributed by atoms with E-state index < -0.39 is 0 Å². The van der Waals surface area contributed by atoms with Crippen molar-refractivity contribution in [3.05, 3.63) is 69.7 Å². The first-order valence-corrected chi connectivity index (χ1v) is 6.97. The zero-order valence-electron chi connectivity index (χ0n) is 10.1. The molecule has 1 aliphatic rings. The first-order valence-electron chi connectivity index (χ1n) is 6.22. The number of rotatable bonds is 0. The third-order valence-electron chi connectivity index (χ3n) is 3.76. The number of benzene rings is 3. The van der Waals surface area contributed by atoms with E-state index >= 15 is 0 Å². The van der Waals surface area contributed by atoms with Crippen LogP contribution in [0.5, 0.6) is 0 Å². The van der Waals surface area contributed by atoms with Crippen molar-refractivity contribution in [2.45, 2.75) is 6.42 Å². The van der Waals surface area contributed by atoms with Crippen LogP contribution in [0.3, 0.4) is 0 Å². The van der Waals surface area contributed by atoms with Crippen LogP contribution in [-0.2, 0) is 6.42 Å². The Morgan fingerprint density at radius 3 is 2.26 bits per heavy atom. The molecule has 0 nitrogen and oxygen atoms in total. The fraction of sp³-hybridized carbons (Fsp3) is 0.0588. The van der Waals surface area contributed by atoms with Crippen LogP contribution in [0.4, 0.5) is 0 Å². The smallest absolute Gasteiger partial charge is 0.0412 e. The first kappa shape index (κ1) is 11.3. The molecule has 0 atom stereocenters. The van der Waals surface area contributed by atoms with Crippen LogP contribution in [0, 0.1) is 0 Å². The molecule has 1 aliphatic carbocycles. The average Bonchev–Trinajstić information content (AvgIpc) is 2.72. The lowest BCUT2D eigenvalue weighted by atomic mass is 10.0. The summed E-state index contributed by atoms with van der Waals surface area (Å²) in [5, 5.41) is 4.02. The van der Waals surface area contributed by atoms with E-state index in [2.05, 4.69) is 30.3 Å². The lowest BCUT2D eigenvalue weighted by Crippen LogP contribution is -1.81. The Morgan fingerprint density at radius 2 is 1.37 bits per heavy atom. The van der Waals surface area contributed by atoms with Gasteiger partial charge in [-0.15, -0.1) is 0 Å². The SMILES string of the molecule is Clc1ccc2c(c1)Cc1cc3cc(Cl)ccc3cc1-2. The molecule has 0 fully saturated rings. The molecule has 0 aromatic heterocycles. The molecule has 0 aliphatic heterocycles. The Labute approximate surface area is 121 Å². The van der Waals surface area contributed by atoms with Crippen molar-refractivity contribution < 1.29 is 0 Å². The van der Waals surface area contributed by atoms with Gasteiger partial charge in [-0.25, -0.2) is 0 Å². The zero-order valence-corrected chi connectivity index (χ0v) is 11.6. The fourth-order valence-corrected chi connectivity index (χ4v) is 3.26. The number of halogens is 2. The highest BCUT2D eigenvalue weighted by Gasteiger charge is 2.19. The molecule has 0 amide bonds. The van der Waals surface area contributed by atoms with Gasteiger partial charge in [-0.1, -0.05) is 41.4 Å². The highest BCUT2D eigenvalue weighted by Crippen LogP contribution is 2.40. The van der Waals surface area contributed by atoms with E-state index in [1.165, 1.54) is 33.0 Å². The van der Waals surface area contributed by atoms with Crippen LogP contribution >= 0.6 is 23.2 Å². The Hall–Kier alpha value is -1.50. The molecule has 0 saturated heterocycles. The van der Waals surface area contributed by atoms with Crippen LogP contribution in [-0.4, -0.2) is 0 Å². The van der Waals surface area contributed by atoms with Crippen molar-refractivity contribution in [2.24, 2.45) is 0 Å².